The molecule has 0 aliphatic carbocycles. The zero-order valence-corrected chi connectivity index (χ0v) is 17.2. The Morgan fingerprint density at radius 3 is 2.65 bits per heavy atom. The van der Waals surface area contributed by atoms with Crippen LogP contribution in [0.25, 0.3) is 11.0 Å². The summed E-state index contributed by atoms with van der Waals surface area (Å²) in [5.74, 6) is -1.11. The van der Waals surface area contributed by atoms with Gasteiger partial charge in [0.1, 0.15) is 11.4 Å². The number of fused-ring (bicyclic) bond motifs is 1. The van der Waals surface area contributed by atoms with Gasteiger partial charge < -0.3 is 19.8 Å². The normalized spacial score (nSPS) is 14.5. The summed E-state index contributed by atoms with van der Waals surface area (Å²) in [5, 5.41) is 6.16. The molecule has 0 radical (unpaired) electrons. The average molecular weight is 425 g/mol. The maximum absolute atomic E-state index is 14.2. The van der Waals surface area contributed by atoms with Crippen LogP contribution in [-0.4, -0.2) is 49.6 Å². The number of rotatable bonds is 6. The van der Waals surface area contributed by atoms with Crippen LogP contribution in [0.5, 0.6) is 0 Å². The first-order valence-corrected chi connectivity index (χ1v) is 10.2. The molecular weight excluding hydrogens is 401 g/mol. The summed E-state index contributed by atoms with van der Waals surface area (Å²) < 4.78 is 25.2. The van der Waals surface area contributed by atoms with Crippen molar-refractivity contribution in [3.63, 3.8) is 0 Å². The Bertz CT molecular complexity index is 1110. The van der Waals surface area contributed by atoms with Crippen LogP contribution in [0.2, 0.25) is 0 Å². The Labute approximate surface area is 179 Å². The van der Waals surface area contributed by atoms with E-state index in [0.29, 0.717) is 31.0 Å². The first-order chi connectivity index (χ1) is 15.0. The summed E-state index contributed by atoms with van der Waals surface area (Å²) in [5.41, 5.74) is 1.73. The van der Waals surface area contributed by atoms with Gasteiger partial charge in [0.25, 0.3) is 5.91 Å². The number of hydrogen-bond donors (Lipinski definition) is 2. The number of carbonyl (C=O) groups excluding carboxylic acids is 2. The van der Waals surface area contributed by atoms with E-state index in [1.54, 1.807) is 6.07 Å². The molecule has 162 valence electrons. The lowest BCUT2D eigenvalue weighted by Gasteiger charge is -2.26. The van der Waals surface area contributed by atoms with Gasteiger partial charge in [-0.3, -0.25) is 14.5 Å². The summed E-state index contributed by atoms with van der Waals surface area (Å²) >= 11 is 0. The number of furan rings is 1. The second-order valence-electron chi connectivity index (χ2n) is 7.45. The van der Waals surface area contributed by atoms with Crippen molar-refractivity contribution in [3.05, 3.63) is 59.6 Å². The number of nitrogens with one attached hydrogen (secondary N) is 2. The van der Waals surface area contributed by atoms with E-state index in [1.807, 2.05) is 25.1 Å². The minimum atomic E-state index is -0.572. The first kappa shape index (κ1) is 21.0. The van der Waals surface area contributed by atoms with E-state index in [0.717, 1.165) is 24.0 Å². The van der Waals surface area contributed by atoms with Crippen LogP contribution in [0.3, 0.4) is 0 Å². The van der Waals surface area contributed by atoms with Gasteiger partial charge in [0.15, 0.2) is 5.76 Å². The van der Waals surface area contributed by atoms with Gasteiger partial charge in [-0.25, -0.2) is 4.39 Å². The zero-order chi connectivity index (χ0) is 21.8. The van der Waals surface area contributed by atoms with Crippen molar-refractivity contribution in [2.24, 2.45) is 0 Å². The summed E-state index contributed by atoms with van der Waals surface area (Å²) in [6.07, 6.45) is 0.244. The minimum absolute atomic E-state index is 0.0195. The van der Waals surface area contributed by atoms with E-state index >= 15 is 0 Å². The first-order valence-electron chi connectivity index (χ1n) is 10.2. The van der Waals surface area contributed by atoms with Crippen LogP contribution in [0.15, 0.2) is 46.9 Å². The molecule has 31 heavy (non-hydrogen) atoms. The standard InChI is InChI=1S/C23H24FN3O4/c1-15-17-4-2-3-5-20(17)31-22(15)23(29)25-16-6-7-18(24)19(14-16)26-21(28)8-9-27-10-12-30-13-11-27/h2-7,14H,8-13H2,1H3,(H,25,29)(H,26,28). The number of benzene rings is 2. The molecule has 0 atom stereocenters. The highest BCUT2D eigenvalue weighted by atomic mass is 19.1. The molecule has 2 heterocycles. The van der Waals surface area contributed by atoms with E-state index in [4.69, 9.17) is 9.15 Å². The minimum Gasteiger partial charge on any atom is -0.451 e. The molecule has 3 aromatic rings. The van der Waals surface area contributed by atoms with Crippen molar-refractivity contribution in [1.29, 1.82) is 0 Å². The van der Waals surface area contributed by atoms with Crippen LogP contribution < -0.4 is 10.6 Å². The highest BCUT2D eigenvalue weighted by Crippen LogP contribution is 2.26. The number of hydrogen-bond acceptors (Lipinski definition) is 5. The Balaban J connectivity index is 1.41. The van der Waals surface area contributed by atoms with Crippen LogP contribution in [0.1, 0.15) is 22.5 Å². The Morgan fingerprint density at radius 2 is 1.87 bits per heavy atom. The van der Waals surface area contributed by atoms with Gasteiger partial charge in [0.05, 0.1) is 18.9 Å². The third kappa shape index (κ3) is 4.92. The quantitative estimate of drug-likeness (QED) is 0.628. The van der Waals surface area contributed by atoms with E-state index in [9.17, 15) is 14.0 Å². The number of carbonyl (C=O) groups is 2. The van der Waals surface area contributed by atoms with Crippen LogP contribution in [0.4, 0.5) is 15.8 Å². The fourth-order valence-electron chi connectivity index (χ4n) is 3.57. The van der Waals surface area contributed by atoms with Crippen molar-refractivity contribution in [2.45, 2.75) is 13.3 Å². The topological polar surface area (TPSA) is 83.8 Å². The van der Waals surface area contributed by atoms with Gasteiger partial charge in [0.2, 0.25) is 5.91 Å². The number of nitrogens with zero attached hydrogens (tertiary/aromatic N) is 1. The highest BCUT2D eigenvalue weighted by molar-refractivity contribution is 6.06. The number of aryl methyl sites for hydroxylation is 1. The fourth-order valence-corrected chi connectivity index (χ4v) is 3.57. The van der Waals surface area contributed by atoms with Crippen LogP contribution >= 0.6 is 0 Å². The van der Waals surface area contributed by atoms with Gasteiger partial charge >= 0.3 is 0 Å². The van der Waals surface area contributed by atoms with E-state index in [-0.39, 0.29) is 23.8 Å². The van der Waals surface area contributed by atoms with Crippen molar-refractivity contribution in [1.82, 2.24) is 4.90 Å². The van der Waals surface area contributed by atoms with Crippen molar-refractivity contribution < 1.29 is 23.1 Å². The molecule has 1 aromatic heterocycles. The second-order valence-corrected chi connectivity index (χ2v) is 7.45. The van der Waals surface area contributed by atoms with Crippen molar-refractivity contribution in [2.75, 3.05) is 43.5 Å². The van der Waals surface area contributed by atoms with Crippen molar-refractivity contribution in [3.8, 4) is 0 Å². The number of ether oxygens (including phenoxy) is 1. The van der Waals surface area contributed by atoms with Gasteiger partial charge in [-0.2, -0.15) is 0 Å². The molecule has 0 spiro atoms. The second kappa shape index (κ2) is 9.28. The average Bonchev–Trinajstić information content (AvgIpc) is 3.12. The molecule has 1 aliphatic rings. The Kier molecular flexibility index (Phi) is 6.29. The molecule has 0 saturated carbocycles. The van der Waals surface area contributed by atoms with E-state index in [1.165, 1.54) is 18.2 Å². The molecular formula is C23H24FN3O4. The van der Waals surface area contributed by atoms with Gasteiger partial charge in [-0.05, 0) is 31.2 Å². The molecule has 8 heteroatoms. The number of amides is 2. The molecule has 2 aromatic carbocycles. The SMILES string of the molecule is Cc1c(C(=O)Nc2ccc(F)c(NC(=O)CCN3CCOCC3)c2)oc2ccccc12. The monoisotopic (exact) mass is 425 g/mol. The number of anilines is 2. The molecule has 0 bridgehead atoms. The maximum atomic E-state index is 14.2. The molecule has 7 nitrogen and oxygen atoms in total. The summed E-state index contributed by atoms with van der Waals surface area (Å²) in [7, 11) is 0. The molecule has 1 aliphatic heterocycles. The molecule has 2 amide bonds. The molecule has 1 fully saturated rings. The highest BCUT2D eigenvalue weighted by Gasteiger charge is 2.18. The fraction of sp³-hybridized carbons (Fsp3) is 0.304. The van der Waals surface area contributed by atoms with E-state index in [2.05, 4.69) is 15.5 Å². The zero-order valence-electron chi connectivity index (χ0n) is 17.2. The Morgan fingerprint density at radius 1 is 1.10 bits per heavy atom. The largest absolute Gasteiger partial charge is 0.451 e. The smallest absolute Gasteiger partial charge is 0.291 e. The predicted molar refractivity (Wildman–Crippen MR) is 116 cm³/mol. The van der Waals surface area contributed by atoms with E-state index < -0.39 is 11.7 Å². The van der Waals surface area contributed by atoms with Gasteiger partial charge in [-0.15, -0.1) is 0 Å². The molecule has 2 N–H and O–H groups in total. The summed E-state index contributed by atoms with van der Waals surface area (Å²) in [6, 6.07) is 11.4. The van der Waals surface area contributed by atoms with Crippen LogP contribution in [-0.2, 0) is 9.53 Å². The molecule has 0 unspecified atom stereocenters. The molecule has 1 saturated heterocycles. The van der Waals surface area contributed by atoms with Crippen LogP contribution in [0, 0.1) is 12.7 Å². The summed E-state index contributed by atoms with van der Waals surface area (Å²) in [4.78, 5) is 27.1. The maximum Gasteiger partial charge on any atom is 0.291 e. The lowest BCUT2D eigenvalue weighted by atomic mass is 10.1. The molecule has 4 rings (SSSR count). The Hall–Kier alpha value is -3.23. The summed E-state index contributed by atoms with van der Waals surface area (Å²) in [6.45, 7) is 5.27. The van der Waals surface area contributed by atoms with Gasteiger partial charge in [0, 0.05) is 42.7 Å². The predicted octanol–water partition coefficient (Wildman–Crippen LogP) is 3.79. The number of para-hydroxylation sites is 1. The number of halogens is 1. The lowest BCUT2D eigenvalue weighted by Crippen LogP contribution is -2.38. The lowest BCUT2D eigenvalue weighted by molar-refractivity contribution is -0.116. The van der Waals surface area contributed by atoms with Crippen molar-refractivity contribution >= 4 is 34.2 Å². The van der Waals surface area contributed by atoms with Gasteiger partial charge in [-0.1, -0.05) is 18.2 Å². The third-order valence-electron chi connectivity index (χ3n) is 5.31. The third-order valence-corrected chi connectivity index (χ3v) is 5.31. The number of morpholine rings is 1.